The molecule has 0 aromatic heterocycles. The highest BCUT2D eigenvalue weighted by molar-refractivity contribution is 5.95. The van der Waals surface area contributed by atoms with Gasteiger partial charge in [0, 0.05) is 5.92 Å². The molecule has 9 atom stereocenters. The van der Waals surface area contributed by atoms with Crippen LogP contribution in [-0.4, -0.2) is 22.9 Å². The molecule has 2 N–H and O–H groups in total. The SMILES string of the molecule is C#CONC(=O)[C@@]1(C)CC[C@]2(C)CC[C@]3(C)C(=CC(=O)[C@@H]4[C@@]5(C)CC[C@H](O)C(C)(C)C5CC[C@]43C)[C@@H]2C1. The zero-order chi connectivity index (χ0) is 27.2. The highest BCUT2D eigenvalue weighted by Gasteiger charge is 2.70. The Balaban J connectivity index is 1.57. The van der Waals surface area contributed by atoms with Gasteiger partial charge in [-0.05, 0) is 103 Å². The van der Waals surface area contributed by atoms with Crippen LogP contribution in [0.3, 0.4) is 0 Å². The first kappa shape index (κ1) is 26.8. The number of aliphatic hydroxyl groups is 1. The van der Waals surface area contributed by atoms with Gasteiger partial charge in [-0.2, -0.15) is 5.48 Å². The van der Waals surface area contributed by atoms with Crippen molar-refractivity contribution in [1.82, 2.24) is 5.48 Å². The Morgan fingerprint density at radius 2 is 1.70 bits per heavy atom. The minimum Gasteiger partial charge on any atom is -0.393 e. The van der Waals surface area contributed by atoms with Gasteiger partial charge < -0.3 is 9.94 Å². The number of hydroxylamine groups is 1. The number of nitrogens with one attached hydrogen (secondary N) is 1. The predicted molar refractivity (Wildman–Crippen MR) is 143 cm³/mol. The first-order valence-electron chi connectivity index (χ1n) is 14.4. The van der Waals surface area contributed by atoms with Crippen LogP contribution < -0.4 is 5.48 Å². The van der Waals surface area contributed by atoms with E-state index in [2.05, 4.69) is 47.0 Å². The van der Waals surface area contributed by atoms with Crippen molar-refractivity contribution >= 4 is 11.7 Å². The Labute approximate surface area is 223 Å². The van der Waals surface area contributed by atoms with Gasteiger partial charge >= 0.3 is 0 Å². The minimum atomic E-state index is -0.589. The molecule has 0 saturated heterocycles. The summed E-state index contributed by atoms with van der Waals surface area (Å²) in [6.07, 6.45) is 17.4. The molecule has 5 aliphatic carbocycles. The fourth-order valence-corrected chi connectivity index (χ4v) is 10.6. The number of hydrogen-bond donors (Lipinski definition) is 2. The van der Waals surface area contributed by atoms with E-state index >= 15 is 0 Å². The zero-order valence-electron chi connectivity index (χ0n) is 24.0. The molecular formula is C32H47NO4. The Hall–Kier alpha value is -1.80. The van der Waals surface area contributed by atoms with Crippen LogP contribution in [0.2, 0.25) is 0 Å². The average Bonchev–Trinajstić information content (AvgIpc) is 2.82. The second-order valence-electron chi connectivity index (χ2n) is 15.3. The fourth-order valence-electron chi connectivity index (χ4n) is 10.6. The molecule has 5 rings (SSSR count). The lowest BCUT2D eigenvalue weighted by Gasteiger charge is -2.70. The first-order chi connectivity index (χ1) is 17.1. The van der Waals surface area contributed by atoms with E-state index in [4.69, 9.17) is 11.3 Å². The molecule has 204 valence electrons. The van der Waals surface area contributed by atoms with Crippen LogP contribution in [0.1, 0.15) is 106 Å². The molecule has 0 aliphatic heterocycles. The van der Waals surface area contributed by atoms with Gasteiger partial charge in [-0.15, -0.1) is 0 Å². The van der Waals surface area contributed by atoms with E-state index in [1.165, 1.54) is 5.57 Å². The number of carbonyl (C=O) groups excluding carboxylic acids is 2. The molecule has 0 heterocycles. The molecule has 0 aromatic rings. The van der Waals surface area contributed by atoms with Crippen molar-refractivity contribution in [2.75, 3.05) is 0 Å². The maximum absolute atomic E-state index is 14.3. The number of hydrogen-bond acceptors (Lipinski definition) is 4. The van der Waals surface area contributed by atoms with Crippen molar-refractivity contribution < 1.29 is 19.5 Å². The second kappa shape index (κ2) is 8.10. The van der Waals surface area contributed by atoms with E-state index in [-0.39, 0.29) is 56.7 Å². The maximum Gasteiger partial charge on any atom is 0.259 e. The molecule has 5 nitrogen and oxygen atoms in total. The Kier molecular flexibility index (Phi) is 5.87. The van der Waals surface area contributed by atoms with Crippen molar-refractivity contribution in [2.24, 2.45) is 50.2 Å². The average molecular weight is 510 g/mol. The largest absolute Gasteiger partial charge is 0.393 e. The summed E-state index contributed by atoms with van der Waals surface area (Å²) in [5.41, 5.74) is 2.71. The molecule has 4 saturated carbocycles. The Bertz CT molecular complexity index is 1090. The van der Waals surface area contributed by atoms with Crippen molar-refractivity contribution in [3.63, 3.8) is 0 Å². The molecule has 5 aliphatic rings. The summed E-state index contributed by atoms with van der Waals surface area (Å²) in [6, 6.07) is 0. The van der Waals surface area contributed by atoms with E-state index in [0.29, 0.717) is 12.3 Å². The summed E-state index contributed by atoms with van der Waals surface area (Å²) in [5, 5.41) is 10.9. The topological polar surface area (TPSA) is 75.6 Å². The molecule has 0 radical (unpaired) electrons. The van der Waals surface area contributed by atoms with Gasteiger partial charge in [0.1, 0.15) is 6.11 Å². The second-order valence-corrected chi connectivity index (χ2v) is 15.3. The number of ketones is 1. The number of allylic oxidation sites excluding steroid dienone is 2. The quantitative estimate of drug-likeness (QED) is 0.355. The fraction of sp³-hybridized carbons (Fsp3) is 0.812. The number of fused-ring (bicyclic) bond motifs is 7. The molecule has 5 heteroatoms. The van der Waals surface area contributed by atoms with E-state index in [9.17, 15) is 14.7 Å². The highest BCUT2D eigenvalue weighted by Crippen LogP contribution is 2.75. The van der Waals surface area contributed by atoms with Gasteiger partial charge in [0.25, 0.3) is 5.91 Å². The van der Waals surface area contributed by atoms with Crippen LogP contribution in [0.15, 0.2) is 11.6 Å². The Morgan fingerprint density at radius 1 is 1.03 bits per heavy atom. The van der Waals surface area contributed by atoms with Gasteiger partial charge in [-0.1, -0.05) is 60.5 Å². The lowest BCUT2D eigenvalue weighted by atomic mass is 9.33. The smallest absolute Gasteiger partial charge is 0.259 e. The lowest BCUT2D eigenvalue weighted by Crippen LogP contribution is -2.66. The molecule has 0 spiro atoms. The van der Waals surface area contributed by atoms with Crippen molar-refractivity contribution in [3.05, 3.63) is 11.6 Å². The van der Waals surface area contributed by atoms with Crippen molar-refractivity contribution in [3.8, 4) is 12.5 Å². The number of terminal acetylenes is 1. The van der Waals surface area contributed by atoms with Gasteiger partial charge in [0.05, 0.1) is 11.5 Å². The first-order valence-corrected chi connectivity index (χ1v) is 14.4. The number of amides is 1. The van der Waals surface area contributed by atoms with Gasteiger partial charge in [0.15, 0.2) is 5.78 Å². The summed E-state index contributed by atoms with van der Waals surface area (Å²) in [6.45, 7) is 16.0. The normalized spacial score (nSPS) is 50.2. The van der Waals surface area contributed by atoms with Crippen molar-refractivity contribution in [2.45, 2.75) is 112 Å². The Morgan fingerprint density at radius 3 is 2.38 bits per heavy atom. The molecule has 1 amide bonds. The summed E-state index contributed by atoms with van der Waals surface area (Å²) < 4.78 is 0. The van der Waals surface area contributed by atoms with Crippen LogP contribution in [0.4, 0.5) is 0 Å². The molecule has 37 heavy (non-hydrogen) atoms. The van der Waals surface area contributed by atoms with Crippen molar-refractivity contribution in [1.29, 1.82) is 0 Å². The van der Waals surface area contributed by atoms with E-state index in [1.807, 2.05) is 19.1 Å². The number of carbonyl (C=O) groups is 2. The van der Waals surface area contributed by atoms with Crippen LogP contribution in [0.5, 0.6) is 0 Å². The third kappa shape index (κ3) is 3.39. The minimum absolute atomic E-state index is 0.0362. The summed E-state index contributed by atoms with van der Waals surface area (Å²) in [5.74, 6) is 0.592. The molecular weight excluding hydrogens is 462 g/mol. The van der Waals surface area contributed by atoms with Gasteiger partial charge in [-0.3, -0.25) is 9.59 Å². The third-order valence-corrected chi connectivity index (χ3v) is 13.3. The molecule has 0 aromatic carbocycles. The monoisotopic (exact) mass is 509 g/mol. The molecule has 1 unspecified atom stereocenters. The van der Waals surface area contributed by atoms with Crippen LogP contribution in [0, 0.1) is 62.8 Å². The van der Waals surface area contributed by atoms with Crippen LogP contribution in [-0.2, 0) is 14.4 Å². The summed E-state index contributed by atoms with van der Waals surface area (Å²) in [4.78, 5) is 32.3. The highest BCUT2D eigenvalue weighted by atomic mass is 16.6. The number of rotatable bonds is 2. The third-order valence-electron chi connectivity index (χ3n) is 13.3. The zero-order valence-corrected chi connectivity index (χ0v) is 24.0. The maximum atomic E-state index is 14.3. The van der Waals surface area contributed by atoms with E-state index in [0.717, 1.165) is 51.4 Å². The van der Waals surface area contributed by atoms with Gasteiger partial charge in [0.2, 0.25) is 0 Å². The predicted octanol–water partition coefficient (Wildman–Crippen LogP) is 5.97. The van der Waals surface area contributed by atoms with Crippen LogP contribution >= 0.6 is 0 Å². The molecule has 0 bridgehead atoms. The van der Waals surface area contributed by atoms with Gasteiger partial charge in [-0.25, -0.2) is 0 Å². The van der Waals surface area contributed by atoms with E-state index in [1.54, 1.807) is 0 Å². The standard InChI is InChI=1S/C32H47NO4/c1-9-37-33-26(36)29(5)15-14-28(4)16-17-31(7)20(21(28)19-29)18-22(34)25-30(6)12-11-24(35)27(2,3)23(30)10-13-32(25,31)8/h1,18,21,23-25,35H,10-17,19H2,2-8H3,(H,33,36)/t21-,23?,24-,25+,28+,29-,30-,31+,32+/m0/s1. The lowest BCUT2D eigenvalue weighted by molar-refractivity contribution is -0.202. The number of aliphatic hydroxyl groups excluding tert-OH is 1. The van der Waals surface area contributed by atoms with E-state index < -0.39 is 5.41 Å². The summed E-state index contributed by atoms with van der Waals surface area (Å²) in [7, 11) is 0. The molecule has 4 fully saturated rings. The summed E-state index contributed by atoms with van der Waals surface area (Å²) >= 11 is 0. The van der Waals surface area contributed by atoms with Crippen LogP contribution in [0.25, 0.3) is 0 Å².